The molecule has 0 heterocycles. The van der Waals surface area contributed by atoms with Gasteiger partial charge < -0.3 is 0 Å². The summed E-state index contributed by atoms with van der Waals surface area (Å²) >= 11 is 0. The van der Waals surface area contributed by atoms with Gasteiger partial charge in [0.1, 0.15) is 5.82 Å². The van der Waals surface area contributed by atoms with Crippen molar-refractivity contribution in [3.63, 3.8) is 0 Å². The Morgan fingerprint density at radius 2 is 1.65 bits per heavy atom. The smallest absolute Gasteiger partial charge is 0.124 e. The Morgan fingerprint density at radius 1 is 0.941 bits per heavy atom. The zero-order chi connectivity index (χ0) is 12.1. The van der Waals surface area contributed by atoms with Gasteiger partial charge >= 0.3 is 0 Å². The molecule has 0 atom stereocenters. The first-order valence-corrected chi connectivity index (χ1v) is 5.28. The van der Waals surface area contributed by atoms with Crippen molar-refractivity contribution in [3.8, 4) is 11.8 Å². The Kier molecular flexibility index (Phi) is 3.37. The van der Waals surface area contributed by atoms with Crippen LogP contribution in [0.1, 0.15) is 16.7 Å². The molecule has 0 radical (unpaired) electrons. The molecule has 0 fully saturated rings. The number of hydrogen-bond acceptors (Lipinski definition) is 0. The lowest BCUT2D eigenvalue weighted by Crippen LogP contribution is -1.78. The lowest BCUT2D eigenvalue weighted by atomic mass is 10.1. The third-order valence-electron chi connectivity index (χ3n) is 2.32. The lowest BCUT2D eigenvalue weighted by Gasteiger charge is -1.93. The van der Waals surface area contributed by atoms with Crippen molar-refractivity contribution in [2.75, 3.05) is 0 Å². The van der Waals surface area contributed by atoms with Crippen LogP contribution in [0, 0.1) is 17.7 Å². The van der Waals surface area contributed by atoms with Crippen LogP contribution in [-0.4, -0.2) is 0 Å². The predicted octanol–water partition coefficient (Wildman–Crippen LogP) is 3.87. The molecule has 0 aliphatic rings. The van der Waals surface area contributed by atoms with Crippen molar-refractivity contribution in [1.82, 2.24) is 0 Å². The quantitative estimate of drug-likeness (QED) is 0.642. The maximum Gasteiger partial charge on any atom is 0.124 e. The van der Waals surface area contributed by atoms with Crippen LogP contribution in [0.2, 0.25) is 0 Å². The fraction of sp³-hybridized carbons (Fsp3) is 0. The van der Waals surface area contributed by atoms with Gasteiger partial charge in [-0.15, -0.1) is 0 Å². The second-order valence-corrected chi connectivity index (χ2v) is 3.59. The Labute approximate surface area is 100 Å². The van der Waals surface area contributed by atoms with Gasteiger partial charge in [0, 0.05) is 11.1 Å². The minimum atomic E-state index is -0.265. The molecule has 17 heavy (non-hydrogen) atoms. The summed E-state index contributed by atoms with van der Waals surface area (Å²) in [6, 6.07) is 14.0. The molecule has 0 aliphatic carbocycles. The van der Waals surface area contributed by atoms with Crippen molar-refractivity contribution in [3.05, 3.63) is 77.6 Å². The minimum absolute atomic E-state index is 0.265. The van der Waals surface area contributed by atoms with Crippen LogP contribution in [0.15, 0.2) is 55.1 Å². The SMILES string of the molecule is C=Cc1ccc(C#Cc2cccc(F)c2)cc1. The molecule has 0 aliphatic heterocycles. The Morgan fingerprint density at radius 3 is 2.29 bits per heavy atom. The van der Waals surface area contributed by atoms with Crippen LogP contribution in [0.3, 0.4) is 0 Å². The first kappa shape index (κ1) is 11.2. The molecular weight excluding hydrogens is 211 g/mol. The van der Waals surface area contributed by atoms with Crippen LogP contribution in [0.4, 0.5) is 4.39 Å². The molecule has 0 unspecified atom stereocenters. The van der Waals surface area contributed by atoms with Gasteiger partial charge in [-0.3, -0.25) is 0 Å². The van der Waals surface area contributed by atoms with Gasteiger partial charge in [-0.1, -0.05) is 42.7 Å². The average Bonchev–Trinajstić information content (AvgIpc) is 2.37. The van der Waals surface area contributed by atoms with E-state index in [0.29, 0.717) is 5.56 Å². The lowest BCUT2D eigenvalue weighted by molar-refractivity contribution is 0.627. The van der Waals surface area contributed by atoms with Gasteiger partial charge in [0.15, 0.2) is 0 Å². The second-order valence-electron chi connectivity index (χ2n) is 3.59. The van der Waals surface area contributed by atoms with Gasteiger partial charge in [0.25, 0.3) is 0 Å². The summed E-state index contributed by atoms with van der Waals surface area (Å²) < 4.78 is 12.9. The van der Waals surface area contributed by atoms with Crippen LogP contribution in [-0.2, 0) is 0 Å². The largest absolute Gasteiger partial charge is 0.207 e. The summed E-state index contributed by atoms with van der Waals surface area (Å²) in [5, 5.41) is 0. The number of rotatable bonds is 1. The number of benzene rings is 2. The Hall–Kier alpha value is -2.33. The van der Waals surface area contributed by atoms with E-state index in [1.807, 2.05) is 24.3 Å². The normalized spacial score (nSPS) is 9.24. The standard InChI is InChI=1S/C16H11F/c1-2-13-6-8-14(9-7-13)10-11-15-4-3-5-16(17)12-15/h2-9,12H,1H2. The highest BCUT2D eigenvalue weighted by molar-refractivity contribution is 5.50. The minimum Gasteiger partial charge on any atom is -0.207 e. The van der Waals surface area contributed by atoms with E-state index in [1.165, 1.54) is 12.1 Å². The summed E-state index contributed by atoms with van der Waals surface area (Å²) in [6.45, 7) is 3.69. The molecule has 0 N–H and O–H groups in total. The van der Waals surface area contributed by atoms with Crippen LogP contribution >= 0.6 is 0 Å². The van der Waals surface area contributed by atoms with Crippen LogP contribution < -0.4 is 0 Å². The molecule has 2 aromatic rings. The van der Waals surface area contributed by atoms with E-state index in [0.717, 1.165) is 11.1 Å². The van der Waals surface area contributed by atoms with Gasteiger partial charge in [0.05, 0.1) is 0 Å². The fourth-order valence-corrected chi connectivity index (χ4v) is 1.41. The number of halogens is 1. The zero-order valence-electron chi connectivity index (χ0n) is 9.28. The molecule has 1 heteroatoms. The highest BCUT2D eigenvalue weighted by atomic mass is 19.1. The van der Waals surface area contributed by atoms with Gasteiger partial charge in [-0.2, -0.15) is 0 Å². The van der Waals surface area contributed by atoms with E-state index in [-0.39, 0.29) is 5.82 Å². The van der Waals surface area contributed by atoms with Crippen molar-refractivity contribution >= 4 is 6.08 Å². The molecule has 0 aromatic heterocycles. The van der Waals surface area contributed by atoms with Crippen molar-refractivity contribution in [2.24, 2.45) is 0 Å². The van der Waals surface area contributed by atoms with Gasteiger partial charge in [-0.05, 0) is 35.9 Å². The van der Waals surface area contributed by atoms with Gasteiger partial charge in [0.2, 0.25) is 0 Å². The third-order valence-corrected chi connectivity index (χ3v) is 2.32. The molecule has 2 aromatic carbocycles. The Bertz CT molecular complexity index is 583. The highest BCUT2D eigenvalue weighted by Crippen LogP contribution is 2.05. The van der Waals surface area contributed by atoms with E-state index in [4.69, 9.17) is 0 Å². The molecule has 0 bridgehead atoms. The molecule has 0 saturated heterocycles. The van der Waals surface area contributed by atoms with Crippen molar-refractivity contribution in [1.29, 1.82) is 0 Å². The maximum absolute atomic E-state index is 12.9. The third kappa shape index (κ3) is 3.06. The fourth-order valence-electron chi connectivity index (χ4n) is 1.41. The van der Waals surface area contributed by atoms with E-state index < -0.39 is 0 Å². The van der Waals surface area contributed by atoms with E-state index in [2.05, 4.69) is 18.4 Å². The average molecular weight is 222 g/mol. The second kappa shape index (κ2) is 5.14. The predicted molar refractivity (Wildman–Crippen MR) is 68.9 cm³/mol. The molecule has 2 rings (SSSR count). The molecule has 0 nitrogen and oxygen atoms in total. The monoisotopic (exact) mass is 222 g/mol. The summed E-state index contributed by atoms with van der Waals surface area (Å²) in [6.07, 6.45) is 1.78. The first-order chi connectivity index (χ1) is 8.28. The van der Waals surface area contributed by atoms with Crippen LogP contribution in [0.25, 0.3) is 6.08 Å². The summed E-state index contributed by atoms with van der Waals surface area (Å²) in [4.78, 5) is 0. The zero-order valence-corrected chi connectivity index (χ0v) is 9.28. The highest BCUT2D eigenvalue weighted by Gasteiger charge is 1.90. The number of hydrogen-bond donors (Lipinski definition) is 0. The van der Waals surface area contributed by atoms with E-state index in [9.17, 15) is 4.39 Å². The topological polar surface area (TPSA) is 0 Å². The van der Waals surface area contributed by atoms with Gasteiger partial charge in [-0.25, -0.2) is 4.39 Å². The molecular formula is C16H11F. The molecule has 0 spiro atoms. The van der Waals surface area contributed by atoms with Crippen LogP contribution in [0.5, 0.6) is 0 Å². The summed E-state index contributed by atoms with van der Waals surface area (Å²) in [5.41, 5.74) is 2.64. The Balaban J connectivity index is 2.23. The first-order valence-electron chi connectivity index (χ1n) is 5.28. The molecule has 82 valence electrons. The van der Waals surface area contributed by atoms with E-state index in [1.54, 1.807) is 18.2 Å². The van der Waals surface area contributed by atoms with E-state index >= 15 is 0 Å². The van der Waals surface area contributed by atoms with Crippen molar-refractivity contribution in [2.45, 2.75) is 0 Å². The van der Waals surface area contributed by atoms with Crippen molar-refractivity contribution < 1.29 is 4.39 Å². The molecule has 0 saturated carbocycles. The maximum atomic E-state index is 12.9. The summed E-state index contributed by atoms with van der Waals surface area (Å²) in [7, 11) is 0. The molecule has 0 amide bonds. The summed E-state index contributed by atoms with van der Waals surface area (Å²) in [5.74, 6) is 5.65.